The first-order valence-corrected chi connectivity index (χ1v) is 5.07. The van der Waals surface area contributed by atoms with Crippen LogP contribution in [0.1, 0.15) is 30.4 Å². The molecule has 0 amide bonds. The van der Waals surface area contributed by atoms with Crippen molar-refractivity contribution in [2.24, 2.45) is 5.92 Å². The molecule has 2 atom stereocenters. The molecular formula is C12H11F3O. The lowest BCUT2D eigenvalue weighted by atomic mass is 10.1. The minimum absolute atomic E-state index is 0.0109. The first-order chi connectivity index (χ1) is 7.39. The third kappa shape index (κ3) is 2.10. The minimum atomic E-state index is -4.29. The second-order valence-corrected chi connectivity index (χ2v) is 4.18. The van der Waals surface area contributed by atoms with Crippen LogP contribution in [0.2, 0.25) is 0 Å². The van der Waals surface area contributed by atoms with Crippen molar-refractivity contribution in [3.63, 3.8) is 0 Å². The van der Waals surface area contributed by atoms with E-state index in [0.29, 0.717) is 0 Å². The molecule has 1 saturated carbocycles. The Hall–Kier alpha value is -1.32. The topological polar surface area (TPSA) is 17.1 Å². The van der Waals surface area contributed by atoms with Gasteiger partial charge in [-0.3, -0.25) is 4.79 Å². The van der Waals surface area contributed by atoms with Gasteiger partial charge in [-0.1, -0.05) is 12.1 Å². The van der Waals surface area contributed by atoms with E-state index in [1.54, 1.807) is 0 Å². The predicted octanol–water partition coefficient (Wildman–Crippen LogP) is 3.40. The molecule has 1 aromatic rings. The number of carbonyl (C=O) groups is 1. The Morgan fingerprint density at radius 1 is 1.25 bits per heavy atom. The molecule has 2 rings (SSSR count). The van der Waals surface area contributed by atoms with Crippen molar-refractivity contribution in [3.05, 3.63) is 35.4 Å². The van der Waals surface area contributed by atoms with Gasteiger partial charge in [-0.25, -0.2) is 0 Å². The van der Waals surface area contributed by atoms with Crippen molar-refractivity contribution in [3.8, 4) is 0 Å². The van der Waals surface area contributed by atoms with Gasteiger partial charge in [0.15, 0.2) is 0 Å². The van der Waals surface area contributed by atoms with Crippen LogP contribution in [0.25, 0.3) is 0 Å². The summed E-state index contributed by atoms with van der Waals surface area (Å²) in [5.41, 5.74) is 0.185. The molecule has 1 aliphatic carbocycles. The summed E-state index contributed by atoms with van der Waals surface area (Å²) in [6, 6.07) is 5.09. The van der Waals surface area contributed by atoms with E-state index in [-0.39, 0.29) is 17.6 Å². The summed E-state index contributed by atoms with van der Waals surface area (Å²) in [4.78, 5) is 11.0. The Bertz CT molecular complexity index is 405. The van der Waals surface area contributed by atoms with Gasteiger partial charge < -0.3 is 0 Å². The third-order valence-electron chi connectivity index (χ3n) is 2.98. The van der Waals surface area contributed by atoms with E-state index in [9.17, 15) is 18.0 Å². The van der Waals surface area contributed by atoms with Gasteiger partial charge in [0.25, 0.3) is 0 Å². The fraction of sp³-hybridized carbons (Fsp3) is 0.417. The SMILES string of the molecule is CC(=O)C1CC1c1ccc(C(F)(F)F)cc1. The van der Waals surface area contributed by atoms with Crippen molar-refractivity contribution in [2.75, 3.05) is 0 Å². The second kappa shape index (κ2) is 3.61. The maximum absolute atomic E-state index is 12.3. The molecule has 2 unspecified atom stereocenters. The van der Waals surface area contributed by atoms with Crippen molar-refractivity contribution in [1.82, 2.24) is 0 Å². The van der Waals surface area contributed by atoms with Gasteiger partial charge in [0.05, 0.1) is 5.56 Å². The Kier molecular flexibility index (Phi) is 2.52. The van der Waals surface area contributed by atoms with E-state index in [1.165, 1.54) is 19.1 Å². The summed E-state index contributed by atoms with van der Waals surface area (Å²) in [7, 11) is 0. The molecule has 0 bridgehead atoms. The van der Waals surface area contributed by atoms with Crippen molar-refractivity contribution >= 4 is 5.78 Å². The molecule has 1 aliphatic rings. The Morgan fingerprint density at radius 2 is 1.81 bits per heavy atom. The molecule has 1 fully saturated rings. The number of hydrogen-bond donors (Lipinski definition) is 0. The van der Waals surface area contributed by atoms with Gasteiger partial charge in [0.1, 0.15) is 5.78 Å². The van der Waals surface area contributed by atoms with Crippen LogP contribution < -0.4 is 0 Å². The maximum atomic E-state index is 12.3. The van der Waals surface area contributed by atoms with E-state index in [4.69, 9.17) is 0 Å². The fourth-order valence-electron chi connectivity index (χ4n) is 1.93. The van der Waals surface area contributed by atoms with Gasteiger partial charge in [0, 0.05) is 5.92 Å². The number of rotatable bonds is 2. The van der Waals surface area contributed by atoms with Crippen LogP contribution in [0.5, 0.6) is 0 Å². The lowest BCUT2D eigenvalue weighted by Gasteiger charge is -2.07. The summed E-state index contributed by atoms with van der Waals surface area (Å²) >= 11 is 0. The Balaban J connectivity index is 2.13. The van der Waals surface area contributed by atoms with E-state index in [0.717, 1.165) is 24.1 Å². The number of carbonyl (C=O) groups excluding carboxylic acids is 1. The van der Waals surface area contributed by atoms with Gasteiger partial charge in [0.2, 0.25) is 0 Å². The molecule has 0 heterocycles. The summed E-state index contributed by atoms with van der Waals surface area (Å²) in [6.45, 7) is 1.52. The van der Waals surface area contributed by atoms with Gasteiger partial charge >= 0.3 is 6.18 Å². The zero-order chi connectivity index (χ0) is 11.9. The van der Waals surface area contributed by atoms with Crippen LogP contribution >= 0.6 is 0 Å². The molecule has 0 N–H and O–H groups in total. The minimum Gasteiger partial charge on any atom is -0.300 e. The van der Waals surface area contributed by atoms with Crippen molar-refractivity contribution in [1.29, 1.82) is 0 Å². The first kappa shape index (κ1) is 11.2. The number of Topliss-reactive ketones (excluding diaryl/α,β-unsaturated/α-hetero) is 1. The van der Waals surface area contributed by atoms with Crippen LogP contribution in [0, 0.1) is 5.92 Å². The highest BCUT2D eigenvalue weighted by atomic mass is 19.4. The molecule has 1 nitrogen and oxygen atoms in total. The number of benzene rings is 1. The zero-order valence-corrected chi connectivity index (χ0v) is 8.71. The van der Waals surface area contributed by atoms with Crippen LogP contribution in [-0.2, 0) is 11.0 Å². The molecule has 86 valence electrons. The normalized spacial score (nSPS) is 24.2. The second-order valence-electron chi connectivity index (χ2n) is 4.18. The summed E-state index contributed by atoms with van der Waals surface area (Å²) < 4.78 is 36.9. The smallest absolute Gasteiger partial charge is 0.300 e. The quantitative estimate of drug-likeness (QED) is 0.758. The molecular weight excluding hydrogens is 217 g/mol. The van der Waals surface area contributed by atoms with Crippen LogP contribution in [0.4, 0.5) is 13.2 Å². The fourth-order valence-corrected chi connectivity index (χ4v) is 1.93. The molecule has 0 spiro atoms. The molecule has 0 aliphatic heterocycles. The highest BCUT2D eigenvalue weighted by Gasteiger charge is 2.42. The first-order valence-electron chi connectivity index (χ1n) is 5.07. The van der Waals surface area contributed by atoms with E-state index < -0.39 is 11.7 Å². The Labute approximate surface area is 91.3 Å². The third-order valence-corrected chi connectivity index (χ3v) is 2.98. The average molecular weight is 228 g/mol. The number of ketones is 1. The van der Waals surface area contributed by atoms with Gasteiger partial charge in [-0.15, -0.1) is 0 Å². The van der Waals surface area contributed by atoms with E-state index in [1.807, 2.05) is 0 Å². The Morgan fingerprint density at radius 3 is 2.19 bits per heavy atom. The summed E-state index contributed by atoms with van der Waals surface area (Å²) in [5.74, 6) is 0.251. The van der Waals surface area contributed by atoms with E-state index >= 15 is 0 Å². The molecule has 4 heteroatoms. The largest absolute Gasteiger partial charge is 0.416 e. The van der Waals surface area contributed by atoms with Crippen LogP contribution in [0.3, 0.4) is 0 Å². The molecule has 0 radical (unpaired) electrons. The predicted molar refractivity (Wildman–Crippen MR) is 53.0 cm³/mol. The summed E-state index contributed by atoms with van der Waals surface area (Å²) in [5, 5.41) is 0. The number of halogens is 3. The molecule has 16 heavy (non-hydrogen) atoms. The molecule has 1 aromatic carbocycles. The monoisotopic (exact) mass is 228 g/mol. The van der Waals surface area contributed by atoms with Crippen molar-refractivity contribution in [2.45, 2.75) is 25.4 Å². The van der Waals surface area contributed by atoms with E-state index in [2.05, 4.69) is 0 Å². The van der Waals surface area contributed by atoms with Gasteiger partial charge in [-0.2, -0.15) is 13.2 Å². The zero-order valence-electron chi connectivity index (χ0n) is 8.71. The maximum Gasteiger partial charge on any atom is 0.416 e. The lowest BCUT2D eigenvalue weighted by Crippen LogP contribution is -2.04. The summed E-state index contributed by atoms with van der Waals surface area (Å²) in [6.07, 6.45) is -3.53. The highest BCUT2D eigenvalue weighted by Crippen LogP contribution is 2.48. The highest BCUT2D eigenvalue weighted by molar-refractivity contribution is 5.82. The standard InChI is InChI=1S/C12H11F3O/c1-7(16)10-6-11(10)8-2-4-9(5-3-8)12(13,14)15/h2-5,10-11H,6H2,1H3. The molecule has 0 saturated heterocycles. The molecule has 0 aromatic heterocycles. The lowest BCUT2D eigenvalue weighted by molar-refractivity contribution is -0.137. The van der Waals surface area contributed by atoms with Crippen molar-refractivity contribution < 1.29 is 18.0 Å². The average Bonchev–Trinajstić information content (AvgIpc) is 2.96. The number of alkyl halides is 3. The van der Waals surface area contributed by atoms with Crippen LogP contribution in [-0.4, -0.2) is 5.78 Å². The van der Waals surface area contributed by atoms with Gasteiger partial charge in [-0.05, 0) is 37.0 Å². The number of hydrogen-bond acceptors (Lipinski definition) is 1. The van der Waals surface area contributed by atoms with Crippen LogP contribution in [0.15, 0.2) is 24.3 Å².